The van der Waals surface area contributed by atoms with Crippen LogP contribution in [0.2, 0.25) is 0 Å². The summed E-state index contributed by atoms with van der Waals surface area (Å²) in [6.45, 7) is 6.00. The third-order valence-corrected chi connectivity index (χ3v) is 8.32. The molecule has 0 amide bonds. The molecule has 0 aliphatic heterocycles. The van der Waals surface area contributed by atoms with Gasteiger partial charge in [0.15, 0.2) is 0 Å². The Labute approximate surface area is 242 Å². The Kier molecular flexibility index (Phi) is 13.9. The van der Waals surface area contributed by atoms with E-state index in [9.17, 15) is 68.5 Å². The van der Waals surface area contributed by atoms with Crippen LogP contribution in [-0.2, 0) is 20.4 Å². The number of rotatable bonds is 9. The Hall–Kier alpha value is -1.84. The zero-order valence-electron chi connectivity index (χ0n) is 19.3. The van der Waals surface area contributed by atoms with Crippen LogP contribution in [0.4, 0.5) is 51.7 Å². The second kappa shape index (κ2) is 14.6. The van der Waals surface area contributed by atoms with Gasteiger partial charge >= 0.3 is 41.5 Å². The number of alkyl halides is 8. The lowest BCUT2D eigenvalue weighted by Gasteiger charge is -2.22. The van der Waals surface area contributed by atoms with Crippen LogP contribution in [0, 0.1) is 0 Å². The van der Waals surface area contributed by atoms with Gasteiger partial charge in [0, 0.05) is 20.3 Å². The quantitative estimate of drug-likeness (QED) is 0.110. The van der Waals surface area contributed by atoms with E-state index in [2.05, 4.69) is 29.1 Å². The number of hydrogen-bond acceptors (Lipinski definition) is 6. The second-order valence-corrected chi connectivity index (χ2v) is 12.7. The minimum atomic E-state index is -6.82. The van der Waals surface area contributed by atoms with Crippen molar-refractivity contribution in [2.75, 3.05) is 0 Å². The fourth-order valence-corrected chi connectivity index (χ4v) is 5.01. The Morgan fingerprint density at radius 1 is 0.659 bits per heavy atom. The minimum absolute atomic E-state index is 0.0902. The van der Waals surface area contributed by atoms with Crippen LogP contribution in [0.25, 0.3) is 6.08 Å². The maximum absolute atomic E-state index is 13.2. The van der Waals surface area contributed by atoms with E-state index in [0.717, 1.165) is 36.4 Å². The summed E-state index contributed by atoms with van der Waals surface area (Å²) >= 11 is 1.36. The molecule has 0 heterocycles. The van der Waals surface area contributed by atoms with Crippen molar-refractivity contribution in [1.29, 1.82) is 0 Å². The Morgan fingerprint density at radius 2 is 0.951 bits per heavy atom. The van der Waals surface area contributed by atoms with Crippen molar-refractivity contribution in [2.45, 2.75) is 30.8 Å². The molecule has 0 atom stereocenters. The Bertz CT molecular complexity index is 1400. The molecule has 0 radical (unpaired) electrons. The highest BCUT2D eigenvalue weighted by atomic mass is 79.9. The Balaban J connectivity index is 0.000000743. The van der Waals surface area contributed by atoms with Gasteiger partial charge in [0.05, 0.1) is 0 Å². The Morgan fingerprint density at radius 3 is 1.22 bits per heavy atom. The molecule has 0 aliphatic carbocycles. The molecule has 2 aromatic rings. The van der Waals surface area contributed by atoms with Crippen molar-refractivity contribution in [2.24, 2.45) is 0 Å². The smallest absolute Gasteiger partial charge is 0.188 e. The normalized spacial score (nSPS) is 12.8. The molecular weight excluding hydrogens is 740 g/mol. The fraction of sp³-hybridized carbons (Fsp3) is 0.200. The predicted molar refractivity (Wildman–Crippen MR) is 134 cm³/mol. The summed E-state index contributed by atoms with van der Waals surface area (Å²) in [5.41, 5.74) is -0.0902. The van der Waals surface area contributed by atoms with Crippen LogP contribution in [0.3, 0.4) is 0 Å². The summed E-state index contributed by atoms with van der Waals surface area (Å²) in [5.74, 6) is 0. The van der Waals surface area contributed by atoms with E-state index < -0.39 is 76.0 Å². The molecule has 0 aliphatic rings. The van der Waals surface area contributed by atoms with Crippen molar-refractivity contribution in [1.82, 2.24) is 0 Å². The molecule has 2 aromatic carbocycles. The summed E-state index contributed by atoms with van der Waals surface area (Å²) in [6, 6.07) is 8.11. The summed E-state index contributed by atoms with van der Waals surface area (Å²) in [5, 5.41) is -22.1. The van der Waals surface area contributed by atoms with Crippen molar-refractivity contribution in [3.8, 4) is 0 Å². The van der Waals surface area contributed by atoms with Crippen LogP contribution in [0.15, 0.2) is 82.0 Å². The van der Waals surface area contributed by atoms with Gasteiger partial charge in [0.25, 0.3) is 6.08 Å². The minimum Gasteiger partial charge on any atom is -0.188 e. The lowest BCUT2D eigenvalue weighted by atomic mass is 10.2. The highest BCUT2D eigenvalue weighted by Gasteiger charge is 2.68. The highest BCUT2D eigenvalue weighted by molar-refractivity contribution is 9.10. The molecule has 232 valence electrons. The average molecular weight is 753 g/mol. The van der Waals surface area contributed by atoms with Gasteiger partial charge in [-0.15, -0.1) is 13.2 Å². The fourth-order valence-electron chi connectivity index (χ4n) is 1.96. The van der Waals surface area contributed by atoms with Gasteiger partial charge in [0.1, 0.15) is 0 Å². The number of thioether (sulfide) groups is 2. The van der Waals surface area contributed by atoms with Crippen LogP contribution < -0.4 is 0 Å². The van der Waals surface area contributed by atoms with Crippen molar-refractivity contribution < 1.29 is 68.5 Å². The van der Waals surface area contributed by atoms with Gasteiger partial charge in [-0.3, -0.25) is 0 Å². The predicted octanol–water partition coefficient (Wildman–Crippen LogP) is 9.33. The highest BCUT2D eigenvalue weighted by Crippen LogP contribution is 2.51. The lowest BCUT2D eigenvalue weighted by Crippen LogP contribution is -2.42. The zero-order valence-corrected chi connectivity index (χ0v) is 24.1. The van der Waals surface area contributed by atoms with Crippen LogP contribution in [0.1, 0.15) is 5.56 Å². The molecule has 0 bridgehead atoms. The summed E-state index contributed by atoms with van der Waals surface area (Å²) < 4.78 is 192. The monoisotopic (exact) mass is 752 g/mol. The van der Waals surface area contributed by atoms with E-state index in [1.165, 1.54) is 12.1 Å². The molecule has 4 nitrogen and oxygen atoms in total. The first-order valence-corrected chi connectivity index (χ1v) is 14.7. The van der Waals surface area contributed by atoms with Crippen molar-refractivity contribution in [3.63, 3.8) is 0 Å². The van der Waals surface area contributed by atoms with Crippen molar-refractivity contribution >= 4 is 66.0 Å². The third kappa shape index (κ3) is 10.7. The van der Waals surface area contributed by atoms with Gasteiger partial charge in [-0.1, -0.05) is 35.8 Å². The molecule has 0 spiro atoms. The molecule has 2 rings (SSSR count). The second-order valence-electron chi connectivity index (χ2n) is 6.60. The van der Waals surface area contributed by atoms with E-state index in [0.29, 0.717) is 10.5 Å². The van der Waals surface area contributed by atoms with Crippen LogP contribution in [0.5, 0.6) is 0 Å². The van der Waals surface area contributed by atoms with E-state index in [4.69, 9.17) is 0 Å². The molecule has 0 N–H and O–H groups in total. The standard InChI is InChI=1S/C10H5F7O2S2.C8H4BrF5O2S2.C2H4/c11-8(12)5-6-1-3-7(4-2-6)20-9(13,14)10(15,16)21(17,18)19;9-5-1-3-6(4-2-5)17-7(10,11)8(12,13)18(14,15)16;1-2/h1-5H;1-4H;1-2H2. The first-order chi connectivity index (χ1) is 18.3. The molecule has 41 heavy (non-hydrogen) atoms. The van der Waals surface area contributed by atoms with E-state index in [1.54, 1.807) is 0 Å². The van der Waals surface area contributed by atoms with Gasteiger partial charge in [-0.2, -0.15) is 60.7 Å². The maximum Gasteiger partial charge on any atom is 0.446 e. The first kappa shape index (κ1) is 39.2. The molecule has 0 unspecified atom stereocenters. The summed E-state index contributed by atoms with van der Waals surface area (Å²) in [4.78, 5) is -0.883. The number of halogens is 13. The molecule has 0 saturated carbocycles. The summed E-state index contributed by atoms with van der Waals surface area (Å²) in [7, 11) is -13.5. The SMILES string of the molecule is C=C.O=S(=O)(F)C(F)(F)C(F)(F)Sc1ccc(Br)cc1.O=S(=O)(F)C(F)(F)C(F)(F)Sc1ccc(C=C(F)F)cc1. The molecule has 0 saturated heterocycles. The number of benzene rings is 2. The third-order valence-electron chi connectivity index (χ3n) is 3.75. The lowest BCUT2D eigenvalue weighted by molar-refractivity contribution is -0.0928. The van der Waals surface area contributed by atoms with Crippen LogP contribution in [-0.4, -0.2) is 37.9 Å². The van der Waals surface area contributed by atoms with E-state index in [-0.39, 0.29) is 10.5 Å². The van der Waals surface area contributed by atoms with E-state index in [1.807, 2.05) is 0 Å². The van der Waals surface area contributed by atoms with E-state index >= 15 is 0 Å². The van der Waals surface area contributed by atoms with Gasteiger partial charge in [-0.05, 0) is 65.5 Å². The molecule has 21 heteroatoms. The van der Waals surface area contributed by atoms with Crippen molar-refractivity contribution in [3.05, 3.63) is 77.8 Å². The zero-order chi connectivity index (χ0) is 32.7. The molecular formula is C20H13BrF12O4S4. The maximum atomic E-state index is 13.2. The van der Waals surface area contributed by atoms with Crippen LogP contribution >= 0.6 is 39.5 Å². The molecule has 0 aromatic heterocycles. The van der Waals surface area contributed by atoms with Gasteiger partial charge in [-0.25, -0.2) is 0 Å². The van der Waals surface area contributed by atoms with Gasteiger partial charge in [0.2, 0.25) is 0 Å². The number of hydrogen-bond donors (Lipinski definition) is 0. The average Bonchev–Trinajstić information content (AvgIpc) is 2.81. The first-order valence-electron chi connectivity index (χ1n) is 9.50. The summed E-state index contributed by atoms with van der Waals surface area (Å²) in [6.07, 6.45) is -1.66. The largest absolute Gasteiger partial charge is 0.446 e. The topological polar surface area (TPSA) is 68.3 Å². The molecule has 0 fully saturated rings. The van der Waals surface area contributed by atoms with Gasteiger partial charge < -0.3 is 0 Å².